The lowest BCUT2D eigenvalue weighted by molar-refractivity contribution is -0.149. The van der Waals surface area contributed by atoms with Crippen molar-refractivity contribution >= 4 is 40.9 Å². The Morgan fingerprint density at radius 3 is 2.37 bits per heavy atom. The van der Waals surface area contributed by atoms with Gasteiger partial charge < -0.3 is 10.0 Å². The Balaban J connectivity index is 1.95. The number of benzene rings is 1. The summed E-state index contributed by atoms with van der Waals surface area (Å²) < 4.78 is 43.8. The fourth-order valence-electron chi connectivity index (χ4n) is 5.03. The van der Waals surface area contributed by atoms with Gasteiger partial charge in [-0.05, 0) is 43.7 Å². The highest BCUT2D eigenvalue weighted by atomic mass is 35.5. The van der Waals surface area contributed by atoms with Crippen molar-refractivity contribution in [1.82, 2.24) is 14.7 Å². The molecule has 0 spiro atoms. The minimum atomic E-state index is -4.90. The number of rotatable bonds is 10. The first-order chi connectivity index (χ1) is 17.9. The normalized spacial score (nSPS) is 19.8. The van der Waals surface area contributed by atoms with E-state index in [-0.39, 0.29) is 47.3 Å². The quantitative estimate of drug-likeness (QED) is 0.249. The van der Waals surface area contributed by atoms with Crippen molar-refractivity contribution in [1.29, 1.82) is 0 Å². The number of carboxylic acid groups (broad SMARTS) is 1. The molecule has 1 amide bonds. The van der Waals surface area contributed by atoms with Gasteiger partial charge >= 0.3 is 12.1 Å². The standard InChI is InChI=1S/C26H30Cl2F3N3O4/c1-3-4-5-11-33(14-21(35)22-19(27)7-6-8-20(22)28)24(36)18-13-32-34(23(18)26(29,30)31)16-9-10-17(25(37)38)15(2)12-16/h6-8,13,15-17H,3-5,9-12,14H2,1-2H3,(H,37,38)/t15-,16+,17+/m1/s1. The molecular formula is C26H30Cl2F3N3O4. The van der Waals surface area contributed by atoms with Gasteiger partial charge in [0.2, 0.25) is 0 Å². The van der Waals surface area contributed by atoms with E-state index in [1.54, 1.807) is 13.0 Å². The molecule has 1 heterocycles. The van der Waals surface area contributed by atoms with Crippen LogP contribution in [0.3, 0.4) is 0 Å². The van der Waals surface area contributed by atoms with Crippen LogP contribution in [0.15, 0.2) is 24.4 Å². The van der Waals surface area contributed by atoms with Gasteiger partial charge in [-0.1, -0.05) is 56.0 Å². The van der Waals surface area contributed by atoms with Gasteiger partial charge in [0.05, 0.1) is 45.9 Å². The van der Waals surface area contributed by atoms with E-state index < -0.39 is 53.6 Å². The second kappa shape index (κ2) is 12.5. The number of carboxylic acids is 1. The first-order valence-electron chi connectivity index (χ1n) is 12.5. The van der Waals surface area contributed by atoms with E-state index in [0.717, 1.165) is 22.2 Å². The number of ketones is 1. The van der Waals surface area contributed by atoms with Crippen LogP contribution >= 0.6 is 23.2 Å². The first-order valence-corrected chi connectivity index (χ1v) is 13.3. The summed E-state index contributed by atoms with van der Waals surface area (Å²) in [6.07, 6.45) is -1.45. The van der Waals surface area contributed by atoms with Gasteiger partial charge in [-0.15, -0.1) is 0 Å². The average Bonchev–Trinajstić information content (AvgIpc) is 3.29. The number of aliphatic carboxylic acids is 1. The number of alkyl halides is 3. The zero-order chi connectivity index (χ0) is 28.2. The minimum Gasteiger partial charge on any atom is -0.481 e. The third kappa shape index (κ3) is 6.69. The second-order valence-corrected chi connectivity index (χ2v) is 10.5. The highest BCUT2D eigenvalue weighted by molar-refractivity contribution is 6.40. The number of aromatic nitrogens is 2. The van der Waals surface area contributed by atoms with Crippen LogP contribution in [0.5, 0.6) is 0 Å². The number of carbonyl (C=O) groups is 3. The van der Waals surface area contributed by atoms with Crippen LogP contribution in [0.2, 0.25) is 10.0 Å². The van der Waals surface area contributed by atoms with Crippen molar-refractivity contribution in [3.63, 3.8) is 0 Å². The Morgan fingerprint density at radius 2 is 1.82 bits per heavy atom. The molecule has 1 N–H and O–H groups in total. The second-order valence-electron chi connectivity index (χ2n) is 9.69. The molecule has 0 radical (unpaired) electrons. The van der Waals surface area contributed by atoms with E-state index in [1.807, 2.05) is 6.92 Å². The highest BCUT2D eigenvalue weighted by Crippen LogP contribution is 2.41. The van der Waals surface area contributed by atoms with Crippen molar-refractivity contribution < 1.29 is 32.7 Å². The number of halogens is 5. The molecule has 1 saturated carbocycles. The van der Waals surface area contributed by atoms with Gasteiger partial charge in [-0.2, -0.15) is 18.3 Å². The molecule has 3 rings (SSSR count). The van der Waals surface area contributed by atoms with Crippen molar-refractivity contribution in [2.75, 3.05) is 13.1 Å². The van der Waals surface area contributed by atoms with E-state index in [1.165, 1.54) is 12.1 Å². The molecule has 208 valence electrons. The number of hydrogen-bond donors (Lipinski definition) is 1. The molecule has 0 aliphatic heterocycles. The summed E-state index contributed by atoms with van der Waals surface area (Å²) in [5.74, 6) is -3.54. The smallest absolute Gasteiger partial charge is 0.433 e. The predicted molar refractivity (Wildman–Crippen MR) is 137 cm³/mol. The average molecular weight is 576 g/mol. The maximum absolute atomic E-state index is 14.3. The molecular weight excluding hydrogens is 546 g/mol. The molecule has 38 heavy (non-hydrogen) atoms. The largest absolute Gasteiger partial charge is 0.481 e. The summed E-state index contributed by atoms with van der Waals surface area (Å²) in [6, 6.07) is 3.78. The van der Waals surface area contributed by atoms with Crippen molar-refractivity contribution in [2.45, 2.75) is 64.6 Å². The molecule has 7 nitrogen and oxygen atoms in total. The summed E-state index contributed by atoms with van der Waals surface area (Å²) in [6.45, 7) is 3.18. The number of nitrogens with zero attached hydrogens (tertiary/aromatic N) is 3. The third-order valence-corrected chi connectivity index (χ3v) is 7.62. The lowest BCUT2D eigenvalue weighted by atomic mass is 9.78. The summed E-state index contributed by atoms with van der Waals surface area (Å²) >= 11 is 12.3. The molecule has 0 saturated heterocycles. The summed E-state index contributed by atoms with van der Waals surface area (Å²) in [7, 11) is 0. The Morgan fingerprint density at radius 1 is 1.16 bits per heavy atom. The lowest BCUT2D eigenvalue weighted by Crippen LogP contribution is -2.38. The molecule has 1 aliphatic rings. The molecule has 0 bridgehead atoms. The van der Waals surface area contributed by atoms with Crippen molar-refractivity contribution in [3.8, 4) is 0 Å². The van der Waals surface area contributed by atoms with Crippen molar-refractivity contribution in [3.05, 3.63) is 51.3 Å². The SMILES string of the molecule is CCCCCN(CC(=O)c1c(Cl)cccc1Cl)C(=O)c1cnn([C@H]2CC[C@H](C(=O)O)[C@H](C)C2)c1C(F)(F)F. The van der Waals surface area contributed by atoms with Crippen LogP contribution in [0.25, 0.3) is 0 Å². The van der Waals surface area contributed by atoms with Gasteiger partial charge in [-0.25, -0.2) is 0 Å². The van der Waals surface area contributed by atoms with Crippen LogP contribution in [-0.2, 0) is 11.0 Å². The monoisotopic (exact) mass is 575 g/mol. The van der Waals surface area contributed by atoms with Gasteiger partial charge in [0.1, 0.15) is 0 Å². The van der Waals surface area contributed by atoms with Crippen molar-refractivity contribution in [2.24, 2.45) is 11.8 Å². The first kappa shape index (κ1) is 30.0. The minimum absolute atomic E-state index is 0.0000396. The maximum Gasteiger partial charge on any atom is 0.433 e. The number of unbranched alkanes of at least 4 members (excludes halogenated alkanes) is 2. The topological polar surface area (TPSA) is 92.5 Å². The van der Waals surface area contributed by atoms with Gasteiger partial charge in [0.25, 0.3) is 5.91 Å². The van der Waals surface area contributed by atoms with E-state index in [0.29, 0.717) is 12.8 Å². The molecule has 1 aromatic heterocycles. The fourth-order valence-corrected chi connectivity index (χ4v) is 5.64. The molecule has 1 aromatic carbocycles. The zero-order valence-electron chi connectivity index (χ0n) is 21.1. The Hall–Kier alpha value is -2.59. The third-order valence-electron chi connectivity index (χ3n) is 6.99. The van der Waals surface area contributed by atoms with Crippen LogP contribution in [0.1, 0.15) is 84.8 Å². The van der Waals surface area contributed by atoms with Crippen LogP contribution in [-0.4, -0.2) is 50.5 Å². The highest BCUT2D eigenvalue weighted by Gasteiger charge is 2.44. The summed E-state index contributed by atoms with van der Waals surface area (Å²) in [4.78, 5) is 39.1. The Bertz CT molecular complexity index is 1160. The summed E-state index contributed by atoms with van der Waals surface area (Å²) in [5, 5.41) is 13.5. The molecule has 3 atom stereocenters. The van der Waals surface area contributed by atoms with Gasteiger partial charge in [0, 0.05) is 6.54 Å². The fraction of sp³-hybridized carbons (Fsp3) is 0.538. The van der Waals surface area contributed by atoms with Gasteiger partial charge in [0.15, 0.2) is 11.5 Å². The number of Topliss-reactive ketones (excluding diaryl/α,β-unsaturated/α-hetero) is 1. The molecule has 12 heteroatoms. The van der Waals surface area contributed by atoms with Crippen LogP contribution in [0.4, 0.5) is 13.2 Å². The van der Waals surface area contributed by atoms with E-state index in [2.05, 4.69) is 5.10 Å². The predicted octanol–water partition coefficient (Wildman–Crippen LogP) is 6.79. The van der Waals surface area contributed by atoms with E-state index >= 15 is 0 Å². The maximum atomic E-state index is 14.3. The van der Waals surface area contributed by atoms with Crippen LogP contribution < -0.4 is 0 Å². The molecule has 1 aliphatic carbocycles. The van der Waals surface area contributed by atoms with E-state index in [4.69, 9.17) is 23.2 Å². The number of carbonyl (C=O) groups excluding carboxylic acids is 2. The van der Waals surface area contributed by atoms with Gasteiger partial charge in [-0.3, -0.25) is 19.1 Å². The number of amides is 1. The lowest BCUT2D eigenvalue weighted by Gasteiger charge is -2.33. The zero-order valence-corrected chi connectivity index (χ0v) is 22.6. The Labute approximate surface area is 228 Å². The molecule has 1 fully saturated rings. The number of hydrogen-bond acceptors (Lipinski definition) is 4. The Kier molecular flexibility index (Phi) is 9.86. The molecule has 2 aromatic rings. The van der Waals surface area contributed by atoms with E-state index in [9.17, 15) is 32.7 Å². The van der Waals surface area contributed by atoms with Crippen LogP contribution in [0, 0.1) is 11.8 Å². The summed E-state index contributed by atoms with van der Waals surface area (Å²) in [5.41, 5.74) is -1.85. The molecule has 0 unspecified atom stereocenters.